The van der Waals surface area contributed by atoms with Crippen molar-refractivity contribution in [1.82, 2.24) is 25.2 Å². The van der Waals surface area contributed by atoms with Gasteiger partial charge >= 0.3 is 0 Å². The van der Waals surface area contributed by atoms with Crippen molar-refractivity contribution >= 4 is 38.6 Å². The van der Waals surface area contributed by atoms with E-state index in [1.165, 1.54) is 22.2 Å². The van der Waals surface area contributed by atoms with Gasteiger partial charge in [0.1, 0.15) is 23.3 Å². The number of benzene rings is 1. The molecule has 1 aromatic carbocycles. The third-order valence-corrected chi connectivity index (χ3v) is 7.04. The van der Waals surface area contributed by atoms with Crippen molar-refractivity contribution in [2.24, 2.45) is 5.92 Å². The zero-order valence-corrected chi connectivity index (χ0v) is 20.8. The van der Waals surface area contributed by atoms with Gasteiger partial charge in [-0.05, 0) is 37.0 Å². The lowest BCUT2D eigenvalue weighted by atomic mass is 9.97. The van der Waals surface area contributed by atoms with Gasteiger partial charge < -0.3 is 20.3 Å². The van der Waals surface area contributed by atoms with E-state index in [-0.39, 0.29) is 29.8 Å². The highest BCUT2D eigenvalue weighted by Crippen LogP contribution is 2.29. The topological polar surface area (TPSA) is 118 Å². The molecule has 1 fully saturated rings. The van der Waals surface area contributed by atoms with Crippen LogP contribution in [0.4, 0.5) is 5.13 Å². The number of carbonyl (C=O) groups is 2. The first-order chi connectivity index (χ1) is 17.0. The second kappa shape index (κ2) is 11.3. The molecule has 4 rings (SSSR count). The Morgan fingerprint density at radius 2 is 2.03 bits per heavy atom. The lowest BCUT2D eigenvalue weighted by molar-refractivity contribution is -0.125. The number of methoxy groups -OCH3 is 1. The number of amides is 2. The Morgan fingerprint density at radius 3 is 2.77 bits per heavy atom. The van der Waals surface area contributed by atoms with Crippen LogP contribution in [0.3, 0.4) is 0 Å². The van der Waals surface area contributed by atoms with Crippen LogP contribution >= 0.6 is 11.3 Å². The molecule has 0 unspecified atom stereocenters. The van der Waals surface area contributed by atoms with Crippen molar-refractivity contribution in [2.45, 2.75) is 39.3 Å². The molecule has 2 aromatic heterocycles. The summed E-state index contributed by atoms with van der Waals surface area (Å²) in [5.74, 6) is 0.431. The molecular formula is C24H30N6O4S. The van der Waals surface area contributed by atoms with E-state index in [1.54, 1.807) is 7.11 Å². The van der Waals surface area contributed by atoms with E-state index in [2.05, 4.69) is 25.5 Å². The Balaban J connectivity index is 1.41. The predicted molar refractivity (Wildman–Crippen MR) is 135 cm³/mol. The fourth-order valence-corrected chi connectivity index (χ4v) is 5.00. The van der Waals surface area contributed by atoms with Crippen LogP contribution in [-0.4, -0.2) is 53.1 Å². The van der Waals surface area contributed by atoms with Gasteiger partial charge in [0.15, 0.2) is 10.8 Å². The molecule has 3 heterocycles. The highest BCUT2D eigenvalue weighted by atomic mass is 32.1. The number of hydrogen-bond donors (Lipinski definition) is 2. The molecule has 35 heavy (non-hydrogen) atoms. The lowest BCUT2D eigenvalue weighted by Gasteiger charge is -2.31. The summed E-state index contributed by atoms with van der Waals surface area (Å²) < 4.78 is 6.84. The minimum absolute atomic E-state index is 0.0683. The monoisotopic (exact) mass is 498 g/mol. The minimum Gasteiger partial charge on any atom is -0.497 e. The Bertz CT molecular complexity index is 1240. The van der Waals surface area contributed by atoms with Crippen LogP contribution in [0, 0.1) is 5.92 Å². The van der Waals surface area contributed by atoms with Gasteiger partial charge in [0.25, 0.3) is 5.56 Å². The molecule has 1 aliphatic heterocycles. The largest absolute Gasteiger partial charge is 0.497 e. The summed E-state index contributed by atoms with van der Waals surface area (Å²) in [5, 5.41) is 6.47. The van der Waals surface area contributed by atoms with Gasteiger partial charge in [-0.1, -0.05) is 30.4 Å². The number of fused-ring (bicyclic) bond motifs is 1. The van der Waals surface area contributed by atoms with Crippen LogP contribution in [0.5, 0.6) is 5.75 Å². The first-order valence-corrected chi connectivity index (χ1v) is 12.6. The molecule has 11 heteroatoms. The number of nitrogens with zero attached hydrogens (tertiary/aromatic N) is 4. The maximum absolute atomic E-state index is 13.0. The predicted octanol–water partition coefficient (Wildman–Crippen LogP) is 1.92. The summed E-state index contributed by atoms with van der Waals surface area (Å²) in [5.41, 5.74) is 0.991. The summed E-state index contributed by atoms with van der Waals surface area (Å²) in [7, 11) is 1.60. The van der Waals surface area contributed by atoms with Crippen LogP contribution in [0.2, 0.25) is 0 Å². The molecule has 0 radical (unpaired) electrons. The van der Waals surface area contributed by atoms with E-state index < -0.39 is 0 Å². The Labute approximate surface area is 207 Å². The van der Waals surface area contributed by atoms with Crippen LogP contribution in [0.25, 0.3) is 10.3 Å². The third-order valence-electron chi connectivity index (χ3n) is 5.95. The summed E-state index contributed by atoms with van der Waals surface area (Å²) in [6.07, 6.45) is 3.98. The fraction of sp³-hybridized carbons (Fsp3) is 0.458. The average molecular weight is 499 g/mol. The number of piperidine rings is 1. The molecule has 186 valence electrons. The zero-order chi connectivity index (χ0) is 24.8. The average Bonchev–Trinajstić information content (AvgIpc) is 3.33. The summed E-state index contributed by atoms with van der Waals surface area (Å²) >= 11 is 1.26. The molecule has 0 aliphatic carbocycles. The van der Waals surface area contributed by atoms with Crippen LogP contribution in [-0.2, 0) is 22.7 Å². The van der Waals surface area contributed by atoms with Crippen LogP contribution in [0.15, 0.2) is 35.4 Å². The molecule has 1 aliphatic rings. The lowest BCUT2D eigenvalue weighted by Crippen LogP contribution is -2.43. The summed E-state index contributed by atoms with van der Waals surface area (Å²) in [6, 6.07) is 7.40. The summed E-state index contributed by atoms with van der Waals surface area (Å²) in [4.78, 5) is 48.8. The second-order valence-electron chi connectivity index (χ2n) is 8.53. The number of thiazole rings is 1. The third kappa shape index (κ3) is 5.97. The van der Waals surface area contributed by atoms with E-state index in [0.717, 1.165) is 37.1 Å². The number of hydrogen-bond acceptors (Lipinski definition) is 8. The van der Waals surface area contributed by atoms with Crippen molar-refractivity contribution < 1.29 is 14.3 Å². The molecule has 0 spiro atoms. The molecule has 2 amide bonds. The maximum Gasteiger partial charge on any atom is 0.273 e. The number of ether oxygens (including phenoxy) is 1. The number of rotatable bonds is 9. The van der Waals surface area contributed by atoms with Crippen LogP contribution < -0.4 is 25.8 Å². The second-order valence-corrected chi connectivity index (χ2v) is 9.51. The number of anilines is 1. The Morgan fingerprint density at radius 1 is 1.23 bits per heavy atom. The standard InChI is InChI=1S/C24H30N6O4S/c1-3-10-25-22(32)17-5-4-11-29(13-17)24-28-21-20(35-24)23(33)30(15-27-21)14-19(31)26-12-16-6-8-18(34-2)9-7-16/h6-9,15,17H,3-5,10-14H2,1-2H3,(H,25,32)(H,26,31)/t17-/m1/s1. The normalized spacial score (nSPS) is 15.7. The number of carbonyl (C=O) groups excluding carboxylic acids is 2. The highest BCUT2D eigenvalue weighted by Gasteiger charge is 2.27. The van der Waals surface area contributed by atoms with Crippen molar-refractivity contribution in [3.63, 3.8) is 0 Å². The highest BCUT2D eigenvalue weighted by molar-refractivity contribution is 7.22. The Kier molecular flexibility index (Phi) is 7.96. The van der Waals surface area contributed by atoms with Gasteiger partial charge in [-0.25, -0.2) is 4.98 Å². The van der Waals surface area contributed by atoms with Gasteiger partial charge in [-0.3, -0.25) is 19.0 Å². The molecule has 1 saturated heterocycles. The van der Waals surface area contributed by atoms with E-state index in [4.69, 9.17) is 4.74 Å². The molecule has 0 saturated carbocycles. The molecule has 2 N–H and O–H groups in total. The van der Waals surface area contributed by atoms with Gasteiger partial charge in [-0.15, -0.1) is 0 Å². The van der Waals surface area contributed by atoms with Crippen molar-refractivity contribution in [3.8, 4) is 5.75 Å². The van der Waals surface area contributed by atoms with E-state index in [9.17, 15) is 14.4 Å². The van der Waals surface area contributed by atoms with Crippen molar-refractivity contribution in [1.29, 1.82) is 0 Å². The SMILES string of the molecule is CCCNC(=O)[C@@H]1CCCN(c2nc3ncn(CC(=O)NCc4ccc(OC)cc4)c(=O)c3s2)C1. The molecule has 10 nitrogen and oxygen atoms in total. The smallest absolute Gasteiger partial charge is 0.273 e. The van der Waals surface area contributed by atoms with Crippen molar-refractivity contribution in [2.75, 3.05) is 31.6 Å². The van der Waals surface area contributed by atoms with Crippen molar-refractivity contribution in [3.05, 3.63) is 46.5 Å². The first-order valence-electron chi connectivity index (χ1n) is 11.8. The Hall–Kier alpha value is -3.47. The first kappa shape index (κ1) is 24.6. The number of nitrogens with one attached hydrogen (secondary N) is 2. The molecule has 3 aromatic rings. The van der Waals surface area contributed by atoms with E-state index >= 15 is 0 Å². The zero-order valence-electron chi connectivity index (χ0n) is 20.0. The molecule has 0 bridgehead atoms. The van der Waals surface area contributed by atoms with Gasteiger partial charge in [0.2, 0.25) is 11.8 Å². The maximum atomic E-state index is 13.0. The van der Waals surface area contributed by atoms with Gasteiger partial charge in [0.05, 0.1) is 13.0 Å². The van der Waals surface area contributed by atoms with E-state index in [0.29, 0.717) is 35.1 Å². The number of aromatic nitrogens is 3. The van der Waals surface area contributed by atoms with Gasteiger partial charge in [-0.2, -0.15) is 4.98 Å². The molecular weight excluding hydrogens is 468 g/mol. The van der Waals surface area contributed by atoms with E-state index in [1.807, 2.05) is 31.2 Å². The summed E-state index contributed by atoms with van der Waals surface area (Å²) in [6.45, 7) is 4.26. The van der Waals surface area contributed by atoms with Crippen LogP contribution in [0.1, 0.15) is 31.7 Å². The fourth-order valence-electron chi connectivity index (χ4n) is 4.00. The minimum atomic E-state index is -0.299. The quantitative estimate of drug-likeness (QED) is 0.463. The molecule has 1 atom stereocenters. The van der Waals surface area contributed by atoms with Gasteiger partial charge in [0, 0.05) is 26.2 Å².